The molecule has 2 aromatic carbocycles. The lowest BCUT2D eigenvalue weighted by Crippen LogP contribution is -2.60. The molecule has 10 atom stereocenters. The highest BCUT2D eigenvalue weighted by Crippen LogP contribution is 2.21. The zero-order valence-electron chi connectivity index (χ0n) is 46.8. The Bertz CT molecular complexity index is 2700. The molecule has 0 saturated carbocycles. The number of rotatable bonds is 33. The summed E-state index contributed by atoms with van der Waals surface area (Å²) in [5.74, 6) is -15.6. The van der Waals surface area contributed by atoms with Crippen molar-refractivity contribution in [3.63, 3.8) is 0 Å². The van der Waals surface area contributed by atoms with Gasteiger partial charge in [-0.1, -0.05) is 52.0 Å². The summed E-state index contributed by atoms with van der Waals surface area (Å²) in [6.45, 7) is 7.44. The lowest BCUT2D eigenvalue weighted by atomic mass is 10.0. The van der Waals surface area contributed by atoms with Crippen LogP contribution in [0.3, 0.4) is 0 Å². The van der Waals surface area contributed by atoms with Crippen molar-refractivity contribution in [1.29, 1.82) is 0 Å². The Morgan fingerprint density at radius 2 is 1.00 bits per heavy atom. The Balaban J connectivity index is 1.82. The van der Waals surface area contributed by atoms with E-state index >= 15 is 0 Å². The van der Waals surface area contributed by atoms with Crippen LogP contribution in [0.2, 0.25) is 0 Å². The number of nitrogens with one attached hydrogen (secondary N) is 9. The third-order valence-electron chi connectivity index (χ3n) is 13.0. The second-order valence-electron chi connectivity index (χ2n) is 20.7. The number of carbonyl (C=O) groups is 13. The molecular weight excluding hydrogens is 1140 g/mol. The summed E-state index contributed by atoms with van der Waals surface area (Å²) < 4.78 is 0. The number of hydrogen-bond acceptors (Lipinski definition) is 18. The number of carbonyl (C=O) groups excluding carboxylic acids is 10. The van der Waals surface area contributed by atoms with Crippen LogP contribution in [0, 0.1) is 11.8 Å². The molecule has 462 valence electrons. The number of phenolic OH excluding ortho intramolecular Hbond substituents is 2. The minimum Gasteiger partial charge on any atom is -0.508 e. The smallest absolute Gasteiger partial charge is 0.326 e. The molecule has 0 radical (unpaired) electrons. The molecule has 0 spiro atoms. The minimum atomic E-state index is -1.90. The predicted molar refractivity (Wildman–Crippen MR) is 305 cm³/mol. The van der Waals surface area contributed by atoms with Gasteiger partial charge in [0, 0.05) is 30.9 Å². The SMILES string of the molecule is CC(C)C[C@H](N)C(=O)N1CCC[C@H]1C(=O)N[C@@H](CS)C(=O)N[C@@H](CC(=O)O)C(=O)N[C@@H](Cc1ccc(O)cc1)C(=O)N[C@@H](Cc1ccc(O)cc1)C(=O)NCC(=O)N[C@H](C(=O)N[C@@H](CS)C(=O)N[C@@H](C)C(=O)N[C@@H](CC(=O)O)C(=O)O)C(C)C. The first-order chi connectivity index (χ1) is 39.4. The Morgan fingerprint density at radius 3 is 1.49 bits per heavy atom. The monoisotopic (exact) mass is 1220 g/mol. The average molecular weight is 1220 g/mol. The number of phenols is 2. The van der Waals surface area contributed by atoms with Crippen LogP contribution >= 0.6 is 25.3 Å². The number of benzene rings is 2. The van der Waals surface area contributed by atoms with E-state index in [1.807, 2.05) is 19.2 Å². The first-order valence-electron chi connectivity index (χ1n) is 26.6. The van der Waals surface area contributed by atoms with Crippen molar-refractivity contribution in [1.82, 2.24) is 52.8 Å². The van der Waals surface area contributed by atoms with E-state index in [2.05, 4.69) is 67.8 Å². The van der Waals surface area contributed by atoms with Crippen LogP contribution in [0.5, 0.6) is 11.5 Å². The molecule has 84 heavy (non-hydrogen) atoms. The van der Waals surface area contributed by atoms with Crippen LogP contribution in [0.15, 0.2) is 48.5 Å². The van der Waals surface area contributed by atoms with Gasteiger partial charge in [0.25, 0.3) is 0 Å². The lowest BCUT2D eigenvalue weighted by Gasteiger charge is -2.29. The van der Waals surface area contributed by atoms with Gasteiger partial charge in [-0.25, -0.2) is 4.79 Å². The summed E-state index contributed by atoms with van der Waals surface area (Å²) >= 11 is 8.30. The van der Waals surface area contributed by atoms with Gasteiger partial charge in [-0.3, -0.25) is 57.5 Å². The van der Waals surface area contributed by atoms with Gasteiger partial charge in [-0.2, -0.15) is 25.3 Å². The maximum Gasteiger partial charge on any atom is 0.326 e. The van der Waals surface area contributed by atoms with Gasteiger partial charge in [0.15, 0.2) is 0 Å². The number of likely N-dealkylation sites (tertiary alicyclic amines) is 1. The number of carboxylic acids is 3. The van der Waals surface area contributed by atoms with Gasteiger partial charge in [0.05, 0.1) is 25.4 Å². The third-order valence-corrected chi connectivity index (χ3v) is 13.7. The normalized spacial score (nSPS) is 16.1. The van der Waals surface area contributed by atoms with E-state index in [0.717, 1.165) is 0 Å². The molecule has 0 aliphatic carbocycles. The predicted octanol–water partition coefficient (Wildman–Crippen LogP) is -3.19. The number of thiol groups is 2. The summed E-state index contributed by atoms with van der Waals surface area (Å²) in [7, 11) is 0. The van der Waals surface area contributed by atoms with E-state index in [-0.39, 0.29) is 54.7 Å². The van der Waals surface area contributed by atoms with Gasteiger partial charge in [0.1, 0.15) is 65.9 Å². The summed E-state index contributed by atoms with van der Waals surface area (Å²) in [6.07, 6.45) is -1.57. The zero-order chi connectivity index (χ0) is 63.1. The zero-order valence-corrected chi connectivity index (χ0v) is 48.6. The molecule has 1 aliphatic rings. The highest BCUT2D eigenvalue weighted by atomic mass is 32.1. The van der Waals surface area contributed by atoms with Crippen LogP contribution in [0.25, 0.3) is 0 Å². The van der Waals surface area contributed by atoms with Crippen molar-refractivity contribution in [3.05, 3.63) is 59.7 Å². The second kappa shape index (κ2) is 33.8. The van der Waals surface area contributed by atoms with Crippen molar-refractivity contribution >= 4 is 102 Å². The minimum absolute atomic E-state index is 0.0877. The number of aliphatic carboxylic acids is 3. The highest BCUT2D eigenvalue weighted by molar-refractivity contribution is 7.80. The molecule has 1 heterocycles. The average Bonchev–Trinajstić information content (AvgIpc) is 4.03. The Hall–Kier alpha value is -8.19. The van der Waals surface area contributed by atoms with E-state index in [0.29, 0.717) is 24.0 Å². The lowest BCUT2D eigenvalue weighted by molar-refractivity contribution is -0.147. The first kappa shape index (κ1) is 70.1. The molecule has 31 heteroatoms. The molecule has 2 aromatic rings. The fraction of sp³-hybridized carbons (Fsp3) is 0.528. The summed E-state index contributed by atoms with van der Waals surface area (Å²) in [4.78, 5) is 172. The molecule has 0 unspecified atom stereocenters. The van der Waals surface area contributed by atoms with Crippen LogP contribution in [0.4, 0.5) is 0 Å². The third kappa shape index (κ3) is 22.9. The molecule has 16 N–H and O–H groups in total. The standard InChI is InChI=1S/C53H75N11O18S2/c1-25(2)17-32(54)52(80)64-16-6-7-39(64)50(78)61-38(24-84)49(77)59-35(20-41(68)69)47(75)58-34(19-29-10-14-31(66)15-11-29)46(74)57-33(18-28-8-12-30(65)13-9-28)45(73)55-22-40(67)63-43(26(3)4)51(79)62-37(23-83)48(76)56-27(5)44(72)60-36(53(81)82)21-42(70)71/h8-15,25-27,32-39,43,65-66,83-84H,6-7,16-24,54H2,1-5H3,(H,55,73)(H,56,76)(H,57,74)(H,58,75)(H,59,77)(H,60,72)(H,61,78)(H,62,79)(H,63,67)(H,68,69)(H,70,71)(H,81,82)/t27-,32-,33-,34-,35-,36-,37-,38-,39-,43-/m0/s1. The van der Waals surface area contributed by atoms with E-state index in [9.17, 15) is 82.8 Å². The topological polar surface area (TPSA) is 461 Å². The van der Waals surface area contributed by atoms with E-state index < -0.39 is 163 Å². The first-order valence-corrected chi connectivity index (χ1v) is 27.9. The molecule has 3 rings (SSSR count). The molecular formula is C53H75N11O18S2. The van der Waals surface area contributed by atoms with Crippen molar-refractivity contribution < 1.29 is 87.9 Å². The maximum absolute atomic E-state index is 14.4. The van der Waals surface area contributed by atoms with E-state index in [4.69, 9.17) is 10.8 Å². The van der Waals surface area contributed by atoms with Gasteiger partial charge in [-0.05, 0) is 73.4 Å². The van der Waals surface area contributed by atoms with Crippen molar-refractivity contribution in [2.45, 2.75) is 140 Å². The van der Waals surface area contributed by atoms with Crippen LogP contribution in [-0.2, 0) is 75.2 Å². The number of amides is 10. The number of hydrogen-bond donors (Lipinski definition) is 17. The summed E-state index contributed by atoms with van der Waals surface area (Å²) in [6, 6.07) is -3.70. The van der Waals surface area contributed by atoms with Gasteiger partial charge >= 0.3 is 17.9 Å². The quantitative estimate of drug-likeness (QED) is 0.0313. The maximum atomic E-state index is 14.4. The molecule has 0 bridgehead atoms. The summed E-state index contributed by atoms with van der Waals surface area (Å²) in [5, 5.41) is 69.3. The largest absolute Gasteiger partial charge is 0.508 e. The number of nitrogens with zero attached hydrogens (tertiary/aromatic N) is 1. The number of carboxylic acid groups (broad SMARTS) is 3. The fourth-order valence-corrected chi connectivity index (χ4v) is 9.01. The molecule has 29 nitrogen and oxygen atoms in total. The van der Waals surface area contributed by atoms with Crippen LogP contribution < -0.4 is 53.6 Å². The van der Waals surface area contributed by atoms with Crippen LogP contribution in [0.1, 0.15) is 77.8 Å². The second-order valence-corrected chi connectivity index (χ2v) is 21.4. The highest BCUT2D eigenvalue weighted by Gasteiger charge is 2.39. The van der Waals surface area contributed by atoms with Gasteiger partial charge < -0.3 is 84.0 Å². The number of aromatic hydroxyl groups is 2. The van der Waals surface area contributed by atoms with E-state index in [1.165, 1.54) is 74.2 Å². The Labute approximate surface area is 494 Å². The van der Waals surface area contributed by atoms with E-state index in [1.54, 1.807) is 0 Å². The molecule has 1 aliphatic heterocycles. The molecule has 0 aromatic heterocycles. The molecule has 10 amide bonds. The van der Waals surface area contributed by atoms with Crippen molar-refractivity contribution in [3.8, 4) is 11.5 Å². The molecule has 1 fully saturated rings. The van der Waals surface area contributed by atoms with Gasteiger partial charge in [0.2, 0.25) is 59.1 Å². The molecule has 1 saturated heterocycles. The fourth-order valence-electron chi connectivity index (χ4n) is 8.50. The van der Waals surface area contributed by atoms with Crippen LogP contribution in [-0.4, -0.2) is 192 Å². The van der Waals surface area contributed by atoms with Gasteiger partial charge in [-0.15, -0.1) is 0 Å². The Morgan fingerprint density at radius 1 is 0.560 bits per heavy atom. The van der Waals surface area contributed by atoms with Crippen molar-refractivity contribution in [2.24, 2.45) is 17.6 Å². The Kier molecular flexibility index (Phi) is 28.2. The number of nitrogens with two attached hydrogens (primary N) is 1. The summed E-state index contributed by atoms with van der Waals surface area (Å²) in [5.41, 5.74) is 6.83. The van der Waals surface area contributed by atoms with Crippen molar-refractivity contribution in [2.75, 3.05) is 24.6 Å².